The van der Waals surface area contributed by atoms with Gasteiger partial charge in [0.05, 0.1) is 32.4 Å². The quantitative estimate of drug-likeness (QED) is 0.194. The number of fused-ring (bicyclic) bond motifs is 3. The van der Waals surface area contributed by atoms with E-state index in [2.05, 4.69) is 31.1 Å². The molecular formula is C42H52N4O8. The molecule has 54 heavy (non-hydrogen) atoms. The number of hydroxylamine groups is 2. The number of rotatable bonds is 12. The maximum absolute atomic E-state index is 14.2. The van der Waals surface area contributed by atoms with E-state index in [0.717, 1.165) is 46.4 Å². The highest BCUT2D eigenvalue weighted by atomic mass is 16.7. The van der Waals surface area contributed by atoms with Crippen LogP contribution in [0.3, 0.4) is 0 Å². The number of ether oxygens (including phenoxy) is 3. The van der Waals surface area contributed by atoms with E-state index in [1.165, 1.54) is 0 Å². The van der Waals surface area contributed by atoms with Crippen molar-refractivity contribution in [3.8, 4) is 28.4 Å². The van der Waals surface area contributed by atoms with Crippen LogP contribution in [0.1, 0.15) is 55.1 Å². The predicted octanol–water partition coefficient (Wildman–Crippen LogP) is 4.67. The molecule has 4 fully saturated rings. The number of aliphatic hydroxyl groups excluding tert-OH is 2. The molecule has 4 N–H and O–H groups in total. The second-order valence-electron chi connectivity index (χ2n) is 15.9. The summed E-state index contributed by atoms with van der Waals surface area (Å²) in [6, 6.07) is 15.9. The molecular weight excluding hydrogens is 688 g/mol. The van der Waals surface area contributed by atoms with Crippen molar-refractivity contribution in [3.63, 3.8) is 0 Å². The minimum absolute atomic E-state index is 0.134. The summed E-state index contributed by atoms with van der Waals surface area (Å²) >= 11 is 0. The number of aliphatic hydroxyl groups is 2. The molecule has 8 rings (SSSR count). The molecule has 3 saturated carbocycles. The van der Waals surface area contributed by atoms with E-state index >= 15 is 0 Å². The fourth-order valence-corrected chi connectivity index (χ4v) is 8.85. The number of amides is 2. The Morgan fingerprint density at radius 3 is 2.56 bits per heavy atom. The van der Waals surface area contributed by atoms with Gasteiger partial charge < -0.3 is 40.0 Å². The first-order valence-electron chi connectivity index (χ1n) is 18.7. The third-order valence-corrected chi connectivity index (χ3v) is 12.1. The zero-order valence-electron chi connectivity index (χ0n) is 31.9. The maximum atomic E-state index is 14.2. The number of methoxy groups -OCH3 is 1. The van der Waals surface area contributed by atoms with Crippen molar-refractivity contribution >= 4 is 17.5 Å². The summed E-state index contributed by atoms with van der Waals surface area (Å²) < 4.78 is 17.0. The van der Waals surface area contributed by atoms with Gasteiger partial charge >= 0.3 is 0 Å². The van der Waals surface area contributed by atoms with Crippen molar-refractivity contribution in [2.45, 2.75) is 71.0 Å². The molecule has 0 unspecified atom stereocenters. The number of para-hydroxylation sites is 1. The summed E-state index contributed by atoms with van der Waals surface area (Å²) in [6.07, 6.45) is 0.208. The van der Waals surface area contributed by atoms with E-state index in [4.69, 9.17) is 19.0 Å². The Labute approximate surface area is 317 Å². The van der Waals surface area contributed by atoms with Gasteiger partial charge in [-0.3, -0.25) is 14.4 Å². The Morgan fingerprint density at radius 2 is 1.87 bits per heavy atom. The Kier molecular flexibility index (Phi) is 10.4. The van der Waals surface area contributed by atoms with Crippen LogP contribution in [0.15, 0.2) is 66.7 Å². The molecule has 12 nitrogen and oxygen atoms in total. The van der Waals surface area contributed by atoms with Crippen LogP contribution in [0.5, 0.6) is 17.2 Å². The van der Waals surface area contributed by atoms with Crippen LogP contribution in [-0.4, -0.2) is 86.0 Å². The molecule has 288 valence electrons. The topological polar surface area (TPSA) is 142 Å². The summed E-state index contributed by atoms with van der Waals surface area (Å²) in [5.74, 6) is 1.55. The van der Waals surface area contributed by atoms with E-state index in [0.29, 0.717) is 41.2 Å². The second kappa shape index (κ2) is 14.9. The lowest BCUT2D eigenvalue weighted by Crippen LogP contribution is -2.59. The van der Waals surface area contributed by atoms with E-state index in [1.54, 1.807) is 19.1 Å². The summed E-state index contributed by atoms with van der Waals surface area (Å²) in [5.41, 5.74) is 5.63. The summed E-state index contributed by atoms with van der Waals surface area (Å²) in [7, 11) is 5.42. The number of hydrogen-bond donors (Lipinski definition) is 4. The second-order valence-corrected chi connectivity index (χ2v) is 15.9. The van der Waals surface area contributed by atoms with Crippen LogP contribution in [0.4, 0.5) is 5.69 Å². The SMILES string of the molecule is C=C1[C@@H](NC(=O)[C@@H]2[C@@H]([C@H](C)O)[C@H](CO)ON2Cc2cccc(-c3cc(C(=O)NCc4ccc5c(c4)OCO5)cc(N(C)C)c3)c2OC)C[C@H]2C[C@@H]1C2(C)C. The highest BCUT2D eigenvalue weighted by Gasteiger charge is 2.56. The minimum atomic E-state index is -0.929. The number of nitrogens with one attached hydrogen (secondary N) is 2. The van der Waals surface area contributed by atoms with E-state index in [-0.39, 0.29) is 43.2 Å². The molecule has 3 aromatic rings. The van der Waals surface area contributed by atoms with Gasteiger partial charge in [-0.2, -0.15) is 5.06 Å². The van der Waals surface area contributed by atoms with Crippen LogP contribution in [0, 0.1) is 23.2 Å². The third kappa shape index (κ3) is 6.92. The smallest absolute Gasteiger partial charge is 0.251 e. The average Bonchev–Trinajstić information content (AvgIpc) is 3.78. The normalized spacial score (nSPS) is 25.8. The number of carbonyl (C=O) groups excluding carboxylic acids is 2. The van der Waals surface area contributed by atoms with Crippen LogP contribution < -0.4 is 29.7 Å². The van der Waals surface area contributed by atoms with Crippen LogP contribution in [0.2, 0.25) is 0 Å². The van der Waals surface area contributed by atoms with Gasteiger partial charge in [0.1, 0.15) is 17.9 Å². The van der Waals surface area contributed by atoms with Gasteiger partial charge in [0, 0.05) is 48.9 Å². The van der Waals surface area contributed by atoms with Crippen molar-refractivity contribution < 1.29 is 38.9 Å². The van der Waals surface area contributed by atoms with Crippen LogP contribution in [-0.2, 0) is 22.7 Å². The van der Waals surface area contributed by atoms with Gasteiger partial charge in [-0.25, -0.2) is 0 Å². The molecule has 7 atom stereocenters. The Morgan fingerprint density at radius 1 is 1.09 bits per heavy atom. The van der Waals surface area contributed by atoms with E-state index in [9.17, 15) is 19.8 Å². The lowest BCUT2D eigenvalue weighted by Gasteiger charge is -2.60. The van der Waals surface area contributed by atoms with Crippen molar-refractivity contribution in [3.05, 3.63) is 83.4 Å². The molecule has 5 aliphatic rings. The number of carbonyl (C=O) groups is 2. The Balaban J connectivity index is 1.15. The molecule has 3 aliphatic carbocycles. The molecule has 2 heterocycles. The fourth-order valence-electron chi connectivity index (χ4n) is 8.85. The first-order chi connectivity index (χ1) is 25.8. The van der Waals surface area contributed by atoms with E-state index in [1.807, 2.05) is 73.6 Å². The number of hydrogen-bond acceptors (Lipinski definition) is 10. The predicted molar refractivity (Wildman–Crippen MR) is 204 cm³/mol. The maximum Gasteiger partial charge on any atom is 0.251 e. The number of anilines is 1. The van der Waals surface area contributed by atoms with E-state index < -0.39 is 24.2 Å². The summed E-state index contributed by atoms with van der Waals surface area (Å²) in [6.45, 7) is 10.8. The van der Waals surface area contributed by atoms with Gasteiger partial charge in [-0.05, 0) is 78.5 Å². The molecule has 2 amide bonds. The molecule has 2 bridgehead atoms. The third-order valence-electron chi connectivity index (χ3n) is 12.1. The van der Waals surface area contributed by atoms with Crippen molar-refractivity contribution in [2.75, 3.05) is 39.5 Å². The first-order valence-corrected chi connectivity index (χ1v) is 18.7. The lowest BCUT2D eigenvalue weighted by molar-refractivity contribution is -0.182. The summed E-state index contributed by atoms with van der Waals surface area (Å²) in [4.78, 5) is 36.0. The van der Waals surface area contributed by atoms with Crippen LogP contribution >= 0.6 is 0 Å². The van der Waals surface area contributed by atoms with Gasteiger partial charge in [-0.1, -0.05) is 50.3 Å². The zero-order chi connectivity index (χ0) is 38.5. The molecule has 0 aromatic heterocycles. The standard InChI is InChI=1S/C42H52N4O8/c1-23-32-17-29(42(32,3)4)18-33(23)44-41(50)38-37(24(2)48)36(21-47)54-46(38)20-26-9-8-10-31(39(26)51-7)27-14-28(16-30(15-27)45(5)6)40(49)43-19-25-11-12-34-35(13-25)53-22-52-34/h8-16,24,29,32-33,36-38,47-48H,1,17-22H2,2-7H3,(H,43,49)(H,44,50)/t24-,29+,32-,33-,36-,37-,38-/m0/s1. The van der Waals surface area contributed by atoms with Crippen molar-refractivity contribution in [1.29, 1.82) is 0 Å². The molecule has 0 spiro atoms. The zero-order valence-corrected chi connectivity index (χ0v) is 31.9. The largest absolute Gasteiger partial charge is 0.496 e. The summed E-state index contributed by atoms with van der Waals surface area (Å²) in [5, 5.41) is 29.1. The van der Waals surface area contributed by atoms with Gasteiger partial charge in [0.25, 0.3) is 5.91 Å². The monoisotopic (exact) mass is 740 g/mol. The lowest BCUT2D eigenvalue weighted by atomic mass is 9.46. The van der Waals surface area contributed by atoms with Crippen molar-refractivity contribution in [1.82, 2.24) is 15.7 Å². The fraction of sp³-hybridized carbons (Fsp3) is 0.476. The molecule has 3 aromatic carbocycles. The minimum Gasteiger partial charge on any atom is -0.496 e. The van der Waals surface area contributed by atoms with Gasteiger partial charge in [-0.15, -0.1) is 0 Å². The molecule has 2 aliphatic heterocycles. The van der Waals surface area contributed by atoms with Crippen LogP contribution in [0.25, 0.3) is 11.1 Å². The molecule has 12 heteroatoms. The number of benzene rings is 3. The highest BCUT2D eigenvalue weighted by Crippen LogP contribution is 2.60. The average molecular weight is 741 g/mol. The van der Waals surface area contributed by atoms with Crippen molar-refractivity contribution in [2.24, 2.45) is 23.2 Å². The number of nitrogens with zero attached hydrogens (tertiary/aromatic N) is 2. The Bertz CT molecular complexity index is 1930. The highest BCUT2D eigenvalue weighted by molar-refractivity contribution is 5.97. The molecule has 1 saturated heterocycles. The Hall–Kier alpha value is -4.62. The van der Waals surface area contributed by atoms with Gasteiger partial charge in [0.15, 0.2) is 11.5 Å². The van der Waals surface area contributed by atoms with Gasteiger partial charge in [0.2, 0.25) is 12.7 Å². The molecule has 0 radical (unpaired) electrons. The first kappa shape index (κ1) is 37.7.